The molecule has 0 aromatic carbocycles. The number of hydrogen-bond donors (Lipinski definition) is 1. The van der Waals surface area contributed by atoms with Gasteiger partial charge in [0.15, 0.2) is 11.6 Å². The van der Waals surface area contributed by atoms with E-state index in [0.29, 0.717) is 23.3 Å². The monoisotopic (exact) mass is 458 g/mol. The number of fused-ring (bicyclic) bond motifs is 3. The van der Waals surface area contributed by atoms with Crippen molar-refractivity contribution >= 4 is 40.0 Å². The average molecular weight is 458 g/mol. The van der Waals surface area contributed by atoms with Crippen molar-refractivity contribution < 1.29 is 18.7 Å². The molecular formula is C24H22N6O4. The molecule has 10 nitrogen and oxygen atoms in total. The number of nitriles is 1. The van der Waals surface area contributed by atoms with Crippen molar-refractivity contribution in [2.24, 2.45) is 5.92 Å². The predicted octanol–water partition coefficient (Wildman–Crippen LogP) is 3.12. The van der Waals surface area contributed by atoms with Gasteiger partial charge in [-0.3, -0.25) is 9.59 Å². The Morgan fingerprint density at radius 2 is 2.21 bits per heavy atom. The van der Waals surface area contributed by atoms with Crippen LogP contribution in [0.3, 0.4) is 0 Å². The molecule has 1 aliphatic carbocycles. The van der Waals surface area contributed by atoms with E-state index in [2.05, 4.69) is 19.3 Å². The number of carbonyl (C=O) groups excluding carboxylic acids is 2. The van der Waals surface area contributed by atoms with Gasteiger partial charge < -0.3 is 23.6 Å². The molecule has 34 heavy (non-hydrogen) atoms. The highest BCUT2D eigenvalue weighted by atomic mass is 16.5. The first kappa shape index (κ1) is 21.5. The Balaban J connectivity index is 1.51. The van der Waals surface area contributed by atoms with Gasteiger partial charge in [0, 0.05) is 31.3 Å². The zero-order chi connectivity index (χ0) is 23.8. The lowest BCUT2D eigenvalue weighted by molar-refractivity contribution is -0.144. The van der Waals surface area contributed by atoms with E-state index in [-0.39, 0.29) is 12.1 Å². The highest BCUT2D eigenvalue weighted by molar-refractivity contribution is 6.03. The van der Waals surface area contributed by atoms with Crippen LogP contribution in [-0.2, 0) is 20.9 Å². The van der Waals surface area contributed by atoms with Gasteiger partial charge in [-0.1, -0.05) is 0 Å². The van der Waals surface area contributed by atoms with Gasteiger partial charge in [0.1, 0.15) is 35.1 Å². The number of esters is 1. The van der Waals surface area contributed by atoms with Gasteiger partial charge in [-0.2, -0.15) is 5.26 Å². The van der Waals surface area contributed by atoms with Crippen molar-refractivity contribution in [1.82, 2.24) is 24.4 Å². The number of ether oxygens (including phenoxy) is 1. The summed E-state index contributed by atoms with van der Waals surface area (Å²) in [5, 5.41) is 10.5. The van der Waals surface area contributed by atoms with Crippen molar-refractivity contribution in [1.29, 1.82) is 5.26 Å². The topological polar surface area (TPSA) is 130 Å². The minimum Gasteiger partial charge on any atom is -0.468 e. The van der Waals surface area contributed by atoms with Gasteiger partial charge in [-0.25, -0.2) is 9.97 Å². The number of nitrogens with one attached hydrogen (secondary N) is 1. The molecule has 0 radical (unpaired) electrons. The molecule has 0 saturated heterocycles. The van der Waals surface area contributed by atoms with E-state index in [1.807, 2.05) is 18.3 Å². The average Bonchev–Trinajstić information content (AvgIpc) is 3.21. The maximum Gasteiger partial charge on any atom is 0.325 e. The summed E-state index contributed by atoms with van der Waals surface area (Å²) in [5.74, 6) is 0.952. The Morgan fingerprint density at radius 1 is 1.38 bits per heavy atom. The van der Waals surface area contributed by atoms with Crippen molar-refractivity contribution in [3.05, 3.63) is 41.9 Å². The summed E-state index contributed by atoms with van der Waals surface area (Å²) in [4.78, 5) is 37.5. The Morgan fingerprint density at radius 3 is 2.94 bits per heavy atom. The smallest absolute Gasteiger partial charge is 0.325 e. The Hall–Kier alpha value is -4.39. The maximum atomic E-state index is 12.6. The summed E-state index contributed by atoms with van der Waals surface area (Å²) in [6.07, 6.45) is 7.32. The molecule has 0 bridgehead atoms. The number of carbonyl (C=O) groups is 2. The third kappa shape index (κ3) is 3.92. The van der Waals surface area contributed by atoms with Gasteiger partial charge >= 0.3 is 5.97 Å². The fraction of sp³-hybridized carbons (Fsp3) is 0.292. The molecule has 1 N–H and O–H groups in total. The van der Waals surface area contributed by atoms with E-state index in [0.717, 1.165) is 33.5 Å². The molecule has 4 aromatic rings. The number of amides is 1. The van der Waals surface area contributed by atoms with Crippen LogP contribution in [0, 0.1) is 17.2 Å². The summed E-state index contributed by atoms with van der Waals surface area (Å²) in [7, 11) is 2.66. The number of hydrogen-bond acceptors (Lipinski definition) is 7. The molecule has 10 heteroatoms. The summed E-state index contributed by atoms with van der Waals surface area (Å²) < 4.78 is 12.7. The van der Waals surface area contributed by atoms with Crippen LogP contribution in [0.1, 0.15) is 18.6 Å². The quantitative estimate of drug-likeness (QED) is 0.256. The fourth-order valence-corrected chi connectivity index (χ4v) is 3.92. The number of H-pyrrole nitrogens is 1. The van der Waals surface area contributed by atoms with Crippen LogP contribution in [0.25, 0.3) is 39.7 Å². The predicted molar refractivity (Wildman–Crippen MR) is 123 cm³/mol. The van der Waals surface area contributed by atoms with Gasteiger partial charge in [0.25, 0.3) is 5.91 Å². The largest absolute Gasteiger partial charge is 0.468 e. The number of methoxy groups -OCH3 is 1. The minimum atomic E-state index is -0.604. The SMILES string of the molecule is COC(=O)CN(C)C(=O)/C(C#N)=C/c1ccc(-c2nc3cnc4[nH]ccc4c3n2CC2CC2)o1. The lowest BCUT2D eigenvalue weighted by Gasteiger charge is -2.14. The molecule has 4 aromatic heterocycles. The van der Waals surface area contributed by atoms with Gasteiger partial charge in [0.05, 0.1) is 18.8 Å². The Kier molecular flexibility index (Phi) is 5.37. The maximum absolute atomic E-state index is 12.6. The highest BCUT2D eigenvalue weighted by Crippen LogP contribution is 2.36. The molecule has 0 unspecified atom stereocenters. The van der Waals surface area contributed by atoms with Crippen LogP contribution in [0.4, 0.5) is 0 Å². The molecule has 1 saturated carbocycles. The minimum absolute atomic E-state index is 0.156. The van der Waals surface area contributed by atoms with Crippen LogP contribution in [-0.4, -0.2) is 57.0 Å². The molecule has 0 atom stereocenters. The van der Waals surface area contributed by atoms with Crippen LogP contribution < -0.4 is 0 Å². The van der Waals surface area contributed by atoms with Crippen molar-refractivity contribution in [3.8, 4) is 17.7 Å². The third-order valence-corrected chi connectivity index (χ3v) is 5.85. The Labute approximate surface area is 194 Å². The van der Waals surface area contributed by atoms with E-state index in [9.17, 15) is 14.9 Å². The number of furan rings is 1. The molecule has 0 aliphatic heterocycles. The zero-order valence-electron chi connectivity index (χ0n) is 18.7. The molecule has 5 rings (SSSR count). The van der Waals surface area contributed by atoms with E-state index < -0.39 is 11.9 Å². The standard InChI is InChI=1S/C24H22N6O4/c1-29(13-20(31)33-2)24(32)15(10-25)9-16-5-6-19(34-16)23-28-18-11-27-22-17(7-8-26-22)21(18)30(23)12-14-3-4-14/h5-9,11,14H,3-4,12-13H2,1-2H3,(H,26,27)/b15-9+. The lowest BCUT2D eigenvalue weighted by atomic mass is 10.2. The first-order valence-corrected chi connectivity index (χ1v) is 10.8. The lowest BCUT2D eigenvalue weighted by Crippen LogP contribution is -2.33. The van der Waals surface area contributed by atoms with E-state index >= 15 is 0 Å². The van der Waals surface area contributed by atoms with Gasteiger partial charge in [-0.15, -0.1) is 0 Å². The molecule has 1 amide bonds. The number of pyridine rings is 1. The van der Waals surface area contributed by atoms with Gasteiger partial charge in [0.2, 0.25) is 0 Å². The van der Waals surface area contributed by atoms with Crippen LogP contribution in [0.5, 0.6) is 0 Å². The Bertz CT molecular complexity index is 1480. The highest BCUT2D eigenvalue weighted by Gasteiger charge is 2.27. The first-order chi connectivity index (χ1) is 16.5. The van der Waals surface area contributed by atoms with Crippen LogP contribution >= 0.6 is 0 Å². The summed E-state index contributed by atoms with van der Waals surface area (Å²) in [5.41, 5.74) is 2.41. The molecule has 0 spiro atoms. The third-order valence-electron chi connectivity index (χ3n) is 5.85. The van der Waals surface area contributed by atoms with Crippen molar-refractivity contribution in [2.75, 3.05) is 20.7 Å². The van der Waals surface area contributed by atoms with Crippen LogP contribution in [0.2, 0.25) is 0 Å². The second-order valence-electron chi connectivity index (χ2n) is 8.33. The zero-order valence-corrected chi connectivity index (χ0v) is 18.7. The normalized spacial score (nSPS) is 13.9. The molecule has 1 fully saturated rings. The summed E-state index contributed by atoms with van der Waals surface area (Å²) >= 11 is 0. The number of imidazole rings is 1. The fourth-order valence-electron chi connectivity index (χ4n) is 3.92. The second-order valence-corrected chi connectivity index (χ2v) is 8.33. The van der Waals surface area contributed by atoms with E-state index in [4.69, 9.17) is 9.40 Å². The molecule has 1 aliphatic rings. The van der Waals surface area contributed by atoms with Crippen molar-refractivity contribution in [2.45, 2.75) is 19.4 Å². The molecule has 4 heterocycles. The van der Waals surface area contributed by atoms with Crippen molar-refractivity contribution in [3.63, 3.8) is 0 Å². The van der Waals surface area contributed by atoms with Crippen LogP contribution in [0.15, 0.2) is 40.6 Å². The number of aromatic amines is 1. The summed E-state index contributed by atoms with van der Waals surface area (Å²) in [6.45, 7) is 0.562. The number of aromatic nitrogens is 4. The van der Waals surface area contributed by atoms with E-state index in [1.165, 1.54) is 33.1 Å². The van der Waals surface area contributed by atoms with E-state index in [1.54, 1.807) is 18.3 Å². The second kappa shape index (κ2) is 8.51. The summed E-state index contributed by atoms with van der Waals surface area (Å²) in [6, 6.07) is 7.33. The number of rotatable bonds is 7. The molecular weight excluding hydrogens is 436 g/mol. The first-order valence-electron chi connectivity index (χ1n) is 10.8. The van der Waals surface area contributed by atoms with Gasteiger partial charge in [-0.05, 0) is 37.0 Å². The number of likely N-dealkylation sites (N-methyl/N-ethyl adjacent to an activating group) is 1. The number of nitrogens with zero attached hydrogens (tertiary/aromatic N) is 5. The molecule has 172 valence electrons.